The maximum Gasteiger partial charge on any atom is 0.237 e. The van der Waals surface area contributed by atoms with Gasteiger partial charge in [-0.05, 0) is 13.0 Å². The van der Waals surface area contributed by atoms with Crippen molar-refractivity contribution in [1.82, 2.24) is 15.1 Å². The third-order valence-electron chi connectivity index (χ3n) is 4.55. The fourth-order valence-corrected chi connectivity index (χ4v) is 3.05. The third kappa shape index (κ3) is 4.92. The summed E-state index contributed by atoms with van der Waals surface area (Å²) in [6, 6.07) is 3.94. The molecule has 1 aliphatic rings. The summed E-state index contributed by atoms with van der Waals surface area (Å²) in [7, 11) is 1.47. The van der Waals surface area contributed by atoms with Gasteiger partial charge in [-0.25, -0.2) is 4.39 Å². The molecule has 144 valence electrons. The Morgan fingerprint density at radius 2 is 2.27 bits per heavy atom. The second-order valence-corrected chi connectivity index (χ2v) is 6.14. The average Bonchev–Trinajstić information content (AvgIpc) is 2.63. The Morgan fingerprint density at radius 3 is 2.88 bits per heavy atom. The van der Waals surface area contributed by atoms with Gasteiger partial charge < -0.3 is 20.1 Å². The SMILES string of the molecule is CCN(CCO)C(=O)C[C@@H]1C(=O)NCCN1Cc1ccc(OC)cc1F. The number of piperazine rings is 1. The van der Waals surface area contributed by atoms with Gasteiger partial charge in [0.15, 0.2) is 0 Å². The first-order valence-corrected chi connectivity index (χ1v) is 8.73. The van der Waals surface area contributed by atoms with Crippen molar-refractivity contribution in [2.75, 3.05) is 39.9 Å². The molecule has 0 spiro atoms. The highest BCUT2D eigenvalue weighted by atomic mass is 19.1. The van der Waals surface area contributed by atoms with Crippen LogP contribution in [0.3, 0.4) is 0 Å². The maximum absolute atomic E-state index is 14.3. The molecule has 2 N–H and O–H groups in total. The largest absolute Gasteiger partial charge is 0.497 e. The van der Waals surface area contributed by atoms with Gasteiger partial charge in [0.2, 0.25) is 11.8 Å². The van der Waals surface area contributed by atoms with E-state index in [1.54, 1.807) is 12.1 Å². The number of methoxy groups -OCH3 is 1. The van der Waals surface area contributed by atoms with Gasteiger partial charge in [-0.15, -0.1) is 0 Å². The maximum atomic E-state index is 14.3. The highest BCUT2D eigenvalue weighted by molar-refractivity contribution is 5.88. The molecule has 0 saturated carbocycles. The van der Waals surface area contributed by atoms with Crippen molar-refractivity contribution in [3.8, 4) is 5.75 Å². The summed E-state index contributed by atoms with van der Waals surface area (Å²) < 4.78 is 19.3. The van der Waals surface area contributed by atoms with Gasteiger partial charge in [0.1, 0.15) is 11.6 Å². The zero-order valence-corrected chi connectivity index (χ0v) is 15.2. The van der Waals surface area contributed by atoms with Gasteiger partial charge in [-0.1, -0.05) is 6.07 Å². The van der Waals surface area contributed by atoms with Crippen molar-refractivity contribution in [3.63, 3.8) is 0 Å². The number of ether oxygens (including phenoxy) is 1. The van der Waals surface area contributed by atoms with E-state index in [0.717, 1.165) is 0 Å². The van der Waals surface area contributed by atoms with Gasteiger partial charge in [0, 0.05) is 44.4 Å². The molecule has 1 heterocycles. The van der Waals surface area contributed by atoms with Crippen molar-refractivity contribution in [2.45, 2.75) is 25.9 Å². The molecule has 1 aliphatic heterocycles. The highest BCUT2D eigenvalue weighted by Crippen LogP contribution is 2.20. The number of halogens is 1. The first-order chi connectivity index (χ1) is 12.5. The summed E-state index contributed by atoms with van der Waals surface area (Å²) in [5.41, 5.74) is 0.445. The molecular formula is C18H26FN3O4. The number of amides is 2. The molecule has 1 aromatic rings. The Kier molecular flexibility index (Phi) is 7.35. The molecule has 0 aliphatic carbocycles. The average molecular weight is 367 g/mol. The Balaban J connectivity index is 2.12. The van der Waals surface area contributed by atoms with Crippen molar-refractivity contribution in [1.29, 1.82) is 0 Å². The number of hydrogen-bond acceptors (Lipinski definition) is 5. The van der Waals surface area contributed by atoms with E-state index in [0.29, 0.717) is 30.9 Å². The van der Waals surface area contributed by atoms with E-state index in [2.05, 4.69) is 5.32 Å². The van der Waals surface area contributed by atoms with Crippen molar-refractivity contribution >= 4 is 11.8 Å². The van der Waals surface area contributed by atoms with E-state index < -0.39 is 11.9 Å². The Labute approximate surface area is 152 Å². The minimum Gasteiger partial charge on any atom is -0.497 e. The minimum absolute atomic E-state index is 0.00253. The highest BCUT2D eigenvalue weighted by Gasteiger charge is 2.33. The summed E-state index contributed by atoms with van der Waals surface area (Å²) in [5.74, 6) is -0.421. The van der Waals surface area contributed by atoms with Gasteiger partial charge in [-0.3, -0.25) is 14.5 Å². The molecule has 1 fully saturated rings. The molecule has 8 heteroatoms. The molecule has 0 radical (unpaired) electrons. The summed E-state index contributed by atoms with van der Waals surface area (Å²) >= 11 is 0. The number of rotatable bonds is 8. The smallest absolute Gasteiger partial charge is 0.237 e. The van der Waals surface area contributed by atoms with Crippen molar-refractivity contribution < 1.29 is 23.8 Å². The lowest BCUT2D eigenvalue weighted by atomic mass is 10.1. The predicted octanol–water partition coefficient (Wildman–Crippen LogP) is 0.366. The number of benzene rings is 1. The second kappa shape index (κ2) is 9.49. The van der Waals surface area contributed by atoms with Crippen LogP contribution >= 0.6 is 0 Å². The molecule has 1 atom stereocenters. The monoisotopic (exact) mass is 367 g/mol. The van der Waals surface area contributed by atoms with Gasteiger partial charge in [0.05, 0.1) is 26.2 Å². The molecule has 26 heavy (non-hydrogen) atoms. The second-order valence-electron chi connectivity index (χ2n) is 6.14. The van der Waals surface area contributed by atoms with Crippen LogP contribution in [-0.4, -0.2) is 72.7 Å². The molecule has 0 bridgehead atoms. The quantitative estimate of drug-likeness (QED) is 0.694. The van der Waals surface area contributed by atoms with Gasteiger partial charge >= 0.3 is 0 Å². The van der Waals surface area contributed by atoms with Crippen LogP contribution in [0.1, 0.15) is 18.9 Å². The lowest BCUT2D eigenvalue weighted by molar-refractivity contribution is -0.139. The Hall–Kier alpha value is -2.19. The Bertz CT molecular complexity index is 641. The van der Waals surface area contributed by atoms with E-state index >= 15 is 0 Å². The molecule has 7 nitrogen and oxygen atoms in total. The first kappa shape index (κ1) is 20.1. The number of aliphatic hydroxyl groups excluding tert-OH is 1. The van der Waals surface area contributed by atoms with Crippen molar-refractivity contribution in [2.24, 2.45) is 0 Å². The van der Waals surface area contributed by atoms with E-state index in [1.165, 1.54) is 18.1 Å². The summed E-state index contributed by atoms with van der Waals surface area (Å²) in [6.07, 6.45) is -0.00253. The number of carbonyl (C=O) groups excluding carboxylic acids is 2. The Morgan fingerprint density at radius 1 is 1.50 bits per heavy atom. The van der Waals surface area contributed by atoms with Crippen LogP contribution < -0.4 is 10.1 Å². The summed E-state index contributed by atoms with van der Waals surface area (Å²) in [5, 5.41) is 11.8. The van der Waals surface area contributed by atoms with Crippen LogP contribution in [0.25, 0.3) is 0 Å². The first-order valence-electron chi connectivity index (χ1n) is 8.73. The van der Waals surface area contributed by atoms with Crippen LogP contribution in [0, 0.1) is 5.82 Å². The molecule has 1 saturated heterocycles. The van der Waals surface area contributed by atoms with Gasteiger partial charge in [-0.2, -0.15) is 0 Å². The summed E-state index contributed by atoms with van der Waals surface area (Å²) in [4.78, 5) is 28.1. The van der Waals surface area contributed by atoms with Crippen LogP contribution in [0.2, 0.25) is 0 Å². The van der Waals surface area contributed by atoms with E-state index in [1.807, 2.05) is 11.8 Å². The van der Waals surface area contributed by atoms with Crippen molar-refractivity contribution in [3.05, 3.63) is 29.6 Å². The standard InChI is InChI=1S/C18H26FN3O4/c1-3-21(8-9-23)17(24)11-16-18(25)20-6-7-22(16)12-13-4-5-14(26-2)10-15(13)19/h4-5,10,16,23H,3,6-9,11-12H2,1-2H3,(H,20,25)/t16-/m1/s1. The van der Waals surface area contributed by atoms with Crippen LogP contribution in [-0.2, 0) is 16.1 Å². The topological polar surface area (TPSA) is 82.1 Å². The van der Waals surface area contributed by atoms with E-state index in [9.17, 15) is 14.0 Å². The van der Waals surface area contributed by atoms with E-state index in [4.69, 9.17) is 9.84 Å². The van der Waals surface area contributed by atoms with Crippen LogP contribution in [0.5, 0.6) is 5.75 Å². The normalized spacial score (nSPS) is 17.7. The molecule has 0 unspecified atom stereocenters. The number of likely N-dealkylation sites (N-methyl/N-ethyl adjacent to an activating group) is 1. The molecule has 0 aromatic heterocycles. The van der Waals surface area contributed by atoms with Crippen LogP contribution in [0.15, 0.2) is 18.2 Å². The number of carbonyl (C=O) groups is 2. The minimum atomic E-state index is -0.662. The molecule has 1 aromatic carbocycles. The fraction of sp³-hybridized carbons (Fsp3) is 0.556. The fourth-order valence-electron chi connectivity index (χ4n) is 3.05. The third-order valence-corrected chi connectivity index (χ3v) is 4.55. The van der Waals surface area contributed by atoms with Gasteiger partial charge in [0.25, 0.3) is 0 Å². The zero-order chi connectivity index (χ0) is 19.1. The molecule has 2 rings (SSSR count). The molecular weight excluding hydrogens is 341 g/mol. The van der Waals surface area contributed by atoms with E-state index in [-0.39, 0.29) is 37.9 Å². The van der Waals surface area contributed by atoms with Crippen LogP contribution in [0.4, 0.5) is 4.39 Å². The lowest BCUT2D eigenvalue weighted by Crippen LogP contribution is -2.56. The zero-order valence-electron chi connectivity index (χ0n) is 15.2. The number of nitrogens with one attached hydrogen (secondary N) is 1. The number of aliphatic hydroxyl groups is 1. The lowest BCUT2D eigenvalue weighted by Gasteiger charge is -2.35. The number of nitrogens with zero attached hydrogens (tertiary/aromatic N) is 2. The molecule has 2 amide bonds. The number of hydrogen-bond donors (Lipinski definition) is 2. The summed E-state index contributed by atoms with van der Waals surface area (Å²) in [6.45, 7) is 3.60. The predicted molar refractivity (Wildman–Crippen MR) is 94.1 cm³/mol.